The van der Waals surface area contributed by atoms with Crippen molar-refractivity contribution in [3.05, 3.63) is 96.1 Å². The summed E-state index contributed by atoms with van der Waals surface area (Å²) < 4.78 is 0. The number of hydrogen-bond donors (Lipinski definition) is 2. The molecule has 0 aliphatic rings. The van der Waals surface area contributed by atoms with E-state index in [1.54, 1.807) is 48.5 Å². The third-order valence-electron chi connectivity index (χ3n) is 4.77. The zero-order valence-corrected chi connectivity index (χ0v) is 18.3. The molecule has 0 radical (unpaired) electrons. The molecule has 4 aromatic rings. The lowest BCUT2D eigenvalue weighted by Crippen LogP contribution is -2.14. The highest BCUT2D eigenvalue weighted by Gasteiger charge is 2.12. The fourth-order valence-electron chi connectivity index (χ4n) is 3.06. The van der Waals surface area contributed by atoms with Gasteiger partial charge in [0, 0.05) is 35.2 Å². The molecule has 0 aliphatic carbocycles. The monoisotopic (exact) mass is 456 g/mol. The Balaban J connectivity index is 1.29. The summed E-state index contributed by atoms with van der Waals surface area (Å²) in [7, 11) is 0. The fourth-order valence-corrected chi connectivity index (χ4v) is 3.81. The first-order valence-corrected chi connectivity index (χ1v) is 11.1. The topological polar surface area (TPSA) is 101 Å². The molecule has 0 bridgehead atoms. The van der Waals surface area contributed by atoms with Crippen molar-refractivity contribution in [2.45, 2.75) is 12.8 Å². The SMILES string of the molecule is O=C(CCC(=O)c1ccccc1)Nc1ccc(C(=O)Nc2nnc(-c3ccccc3)s2)cc1. The molecule has 2 amide bonds. The number of nitrogens with zero attached hydrogens (tertiary/aromatic N) is 2. The second-order valence-electron chi connectivity index (χ2n) is 7.15. The van der Waals surface area contributed by atoms with Gasteiger partial charge in [0.05, 0.1) is 0 Å². The first-order valence-electron chi connectivity index (χ1n) is 10.3. The highest BCUT2D eigenvalue weighted by molar-refractivity contribution is 7.18. The summed E-state index contributed by atoms with van der Waals surface area (Å²) >= 11 is 1.29. The van der Waals surface area contributed by atoms with Gasteiger partial charge >= 0.3 is 0 Å². The van der Waals surface area contributed by atoms with Crippen molar-refractivity contribution in [2.24, 2.45) is 0 Å². The Morgan fingerprint density at radius 3 is 2.06 bits per heavy atom. The van der Waals surface area contributed by atoms with Crippen molar-refractivity contribution in [2.75, 3.05) is 10.6 Å². The van der Waals surface area contributed by atoms with Crippen LogP contribution in [-0.4, -0.2) is 27.8 Å². The predicted molar refractivity (Wildman–Crippen MR) is 128 cm³/mol. The van der Waals surface area contributed by atoms with Gasteiger partial charge in [-0.15, -0.1) is 10.2 Å². The van der Waals surface area contributed by atoms with E-state index in [9.17, 15) is 14.4 Å². The first-order chi connectivity index (χ1) is 16.1. The lowest BCUT2D eigenvalue weighted by atomic mass is 10.1. The minimum absolute atomic E-state index is 0.0788. The molecule has 0 unspecified atom stereocenters. The number of anilines is 2. The normalized spacial score (nSPS) is 10.4. The van der Waals surface area contributed by atoms with Crippen LogP contribution in [0.1, 0.15) is 33.6 Å². The lowest BCUT2D eigenvalue weighted by molar-refractivity contribution is -0.116. The van der Waals surface area contributed by atoms with Gasteiger partial charge in [0.15, 0.2) is 5.78 Å². The third kappa shape index (κ3) is 5.96. The molecule has 2 N–H and O–H groups in total. The van der Waals surface area contributed by atoms with Gasteiger partial charge in [0.2, 0.25) is 11.0 Å². The molecule has 7 nitrogen and oxygen atoms in total. The zero-order valence-electron chi connectivity index (χ0n) is 17.5. The molecule has 3 aromatic carbocycles. The second-order valence-corrected chi connectivity index (χ2v) is 8.12. The Bertz CT molecular complexity index is 1260. The fraction of sp³-hybridized carbons (Fsp3) is 0.0800. The van der Waals surface area contributed by atoms with Crippen LogP contribution < -0.4 is 10.6 Å². The average molecular weight is 457 g/mol. The largest absolute Gasteiger partial charge is 0.326 e. The molecular weight excluding hydrogens is 436 g/mol. The minimum Gasteiger partial charge on any atom is -0.326 e. The van der Waals surface area contributed by atoms with Crippen LogP contribution in [-0.2, 0) is 4.79 Å². The molecule has 0 saturated carbocycles. The molecule has 4 rings (SSSR count). The zero-order chi connectivity index (χ0) is 23.0. The van der Waals surface area contributed by atoms with E-state index in [0.717, 1.165) is 10.6 Å². The minimum atomic E-state index is -0.322. The van der Waals surface area contributed by atoms with Crippen LogP contribution in [0, 0.1) is 0 Å². The van der Waals surface area contributed by atoms with E-state index in [2.05, 4.69) is 20.8 Å². The Morgan fingerprint density at radius 1 is 0.697 bits per heavy atom. The van der Waals surface area contributed by atoms with Crippen molar-refractivity contribution < 1.29 is 14.4 Å². The lowest BCUT2D eigenvalue weighted by Gasteiger charge is -2.06. The van der Waals surface area contributed by atoms with Crippen LogP contribution in [0.2, 0.25) is 0 Å². The number of rotatable bonds is 8. The number of hydrogen-bond acceptors (Lipinski definition) is 6. The van der Waals surface area contributed by atoms with E-state index >= 15 is 0 Å². The molecular formula is C25H20N4O3S. The summed E-state index contributed by atoms with van der Waals surface area (Å²) in [5.74, 6) is -0.666. The first kappa shape index (κ1) is 22.0. The number of carbonyl (C=O) groups excluding carboxylic acids is 3. The highest BCUT2D eigenvalue weighted by Crippen LogP contribution is 2.26. The van der Waals surface area contributed by atoms with Crippen molar-refractivity contribution in [3.8, 4) is 10.6 Å². The third-order valence-corrected chi connectivity index (χ3v) is 5.66. The van der Waals surface area contributed by atoms with Gasteiger partial charge in [0.25, 0.3) is 5.91 Å². The second kappa shape index (κ2) is 10.4. The average Bonchev–Trinajstić information content (AvgIpc) is 3.32. The maximum Gasteiger partial charge on any atom is 0.257 e. The number of benzene rings is 3. The van der Waals surface area contributed by atoms with E-state index in [4.69, 9.17) is 0 Å². The van der Waals surface area contributed by atoms with Crippen molar-refractivity contribution >= 4 is 39.8 Å². The molecule has 0 spiro atoms. The molecule has 8 heteroatoms. The maximum atomic E-state index is 12.5. The number of carbonyl (C=O) groups is 3. The van der Waals surface area contributed by atoms with Gasteiger partial charge in [-0.3, -0.25) is 19.7 Å². The number of ketones is 1. The predicted octanol–water partition coefficient (Wildman–Crippen LogP) is 5.06. The van der Waals surface area contributed by atoms with Crippen LogP contribution in [0.5, 0.6) is 0 Å². The van der Waals surface area contributed by atoms with Crippen molar-refractivity contribution in [1.29, 1.82) is 0 Å². The number of nitrogens with one attached hydrogen (secondary N) is 2. The van der Waals surface area contributed by atoms with Crippen LogP contribution in [0.15, 0.2) is 84.9 Å². The summed E-state index contributed by atoms with van der Waals surface area (Å²) in [5, 5.41) is 14.7. The van der Waals surface area contributed by atoms with Gasteiger partial charge in [-0.1, -0.05) is 72.0 Å². The quantitative estimate of drug-likeness (QED) is 0.361. The summed E-state index contributed by atoms with van der Waals surface area (Å²) in [6.45, 7) is 0. The van der Waals surface area contributed by atoms with E-state index in [-0.39, 0.29) is 30.4 Å². The molecule has 1 heterocycles. The van der Waals surface area contributed by atoms with E-state index in [1.807, 2.05) is 36.4 Å². The van der Waals surface area contributed by atoms with E-state index < -0.39 is 0 Å². The molecule has 0 saturated heterocycles. The smallest absolute Gasteiger partial charge is 0.257 e. The number of aromatic nitrogens is 2. The number of Topliss-reactive ketones (excluding diaryl/α,β-unsaturated/α-hetero) is 1. The summed E-state index contributed by atoms with van der Waals surface area (Å²) in [5.41, 5.74) is 2.49. The molecule has 33 heavy (non-hydrogen) atoms. The van der Waals surface area contributed by atoms with Crippen LogP contribution in [0.4, 0.5) is 10.8 Å². The van der Waals surface area contributed by atoms with Crippen molar-refractivity contribution in [3.63, 3.8) is 0 Å². The van der Waals surface area contributed by atoms with E-state index in [0.29, 0.717) is 21.9 Å². The van der Waals surface area contributed by atoms with Gasteiger partial charge < -0.3 is 5.32 Å². The van der Waals surface area contributed by atoms with Gasteiger partial charge in [-0.2, -0.15) is 0 Å². The Morgan fingerprint density at radius 2 is 1.36 bits per heavy atom. The summed E-state index contributed by atoms with van der Waals surface area (Å²) in [6.07, 6.45) is 0.208. The molecule has 1 aromatic heterocycles. The Hall–Kier alpha value is -4.17. The summed E-state index contributed by atoms with van der Waals surface area (Å²) in [6, 6.07) is 25.0. The standard InChI is InChI=1S/C25H20N4O3S/c30-21(17-7-3-1-4-8-17)15-16-22(31)26-20-13-11-18(12-14-20)23(32)27-25-29-28-24(33-25)19-9-5-2-6-10-19/h1-14H,15-16H2,(H,26,31)(H,27,29,32). The van der Waals surface area contributed by atoms with Crippen molar-refractivity contribution in [1.82, 2.24) is 10.2 Å². The molecule has 0 aliphatic heterocycles. The summed E-state index contributed by atoms with van der Waals surface area (Å²) in [4.78, 5) is 36.8. The molecule has 0 fully saturated rings. The Kier molecular flexibility index (Phi) is 6.96. The van der Waals surface area contributed by atoms with Crippen LogP contribution in [0.3, 0.4) is 0 Å². The Labute approximate surface area is 194 Å². The van der Waals surface area contributed by atoms with Crippen LogP contribution >= 0.6 is 11.3 Å². The molecule has 164 valence electrons. The van der Waals surface area contributed by atoms with Gasteiger partial charge in [-0.25, -0.2) is 0 Å². The van der Waals surface area contributed by atoms with Crippen LogP contribution in [0.25, 0.3) is 10.6 Å². The van der Waals surface area contributed by atoms with E-state index in [1.165, 1.54) is 11.3 Å². The van der Waals surface area contributed by atoms with Gasteiger partial charge in [-0.05, 0) is 24.3 Å². The van der Waals surface area contributed by atoms with Gasteiger partial charge in [0.1, 0.15) is 5.01 Å². The highest BCUT2D eigenvalue weighted by atomic mass is 32.1. The number of amides is 2. The molecule has 0 atom stereocenters. The maximum absolute atomic E-state index is 12.5.